The van der Waals surface area contributed by atoms with Gasteiger partial charge in [0.25, 0.3) is 9.84 Å². The van der Waals surface area contributed by atoms with Crippen molar-refractivity contribution in [1.29, 1.82) is 0 Å². The van der Waals surface area contributed by atoms with Gasteiger partial charge in [0.05, 0.1) is 28.7 Å². The first-order chi connectivity index (χ1) is 24.6. The molecule has 0 aliphatic heterocycles. The van der Waals surface area contributed by atoms with Gasteiger partial charge in [-0.3, -0.25) is 14.2 Å². The van der Waals surface area contributed by atoms with Crippen LogP contribution in [0.4, 0.5) is 0 Å². The quantitative estimate of drug-likeness (QED) is 0.195. The number of esters is 1. The first-order valence-electron chi connectivity index (χ1n) is 19.0. The van der Waals surface area contributed by atoms with Crippen LogP contribution in [0.5, 0.6) is 5.88 Å². The van der Waals surface area contributed by atoms with E-state index < -0.39 is 32.8 Å². The van der Waals surface area contributed by atoms with Gasteiger partial charge in [0.15, 0.2) is 0 Å². The van der Waals surface area contributed by atoms with E-state index in [-0.39, 0.29) is 58.3 Å². The first kappa shape index (κ1) is 38.5. The van der Waals surface area contributed by atoms with Crippen LogP contribution in [0.15, 0.2) is 44.9 Å². The van der Waals surface area contributed by atoms with Crippen molar-refractivity contribution in [2.24, 2.45) is 46.3 Å². The third-order valence-electron chi connectivity index (χ3n) is 13.5. The number of rotatable bonds is 13. The molecule has 2 unspecified atom stereocenters. The maximum atomic E-state index is 12.9. The number of nitrogens with one attached hydrogen (secondary N) is 1. The van der Waals surface area contributed by atoms with E-state index in [0.29, 0.717) is 41.9 Å². The molecule has 52 heavy (non-hydrogen) atoms. The normalized spacial score (nSPS) is 33.9. The minimum atomic E-state index is -4.28. The number of sulfone groups is 1. The Hall–Kier alpha value is -3.23. The molecule has 11 atom stereocenters. The Morgan fingerprint density at radius 1 is 1.04 bits per heavy atom. The Morgan fingerprint density at radius 3 is 2.50 bits per heavy atom. The average molecular weight is 746 g/mol. The van der Waals surface area contributed by atoms with Gasteiger partial charge in [-0.2, -0.15) is 0 Å². The van der Waals surface area contributed by atoms with E-state index in [2.05, 4.69) is 35.9 Å². The summed E-state index contributed by atoms with van der Waals surface area (Å²) < 4.78 is 41.1. The zero-order valence-corrected chi connectivity index (χ0v) is 31.6. The van der Waals surface area contributed by atoms with Crippen LogP contribution in [0.25, 0.3) is 0 Å². The van der Waals surface area contributed by atoms with Gasteiger partial charge in [0.1, 0.15) is 12.7 Å². The first-order valence-corrected chi connectivity index (χ1v) is 20.5. The summed E-state index contributed by atoms with van der Waals surface area (Å²) in [5.41, 5.74) is 0.337. The Bertz CT molecular complexity index is 1690. The van der Waals surface area contributed by atoms with Crippen LogP contribution in [0.1, 0.15) is 98.3 Å². The Morgan fingerprint density at radius 2 is 1.75 bits per heavy atom. The van der Waals surface area contributed by atoms with Gasteiger partial charge in [0, 0.05) is 13.0 Å². The lowest BCUT2D eigenvalue weighted by atomic mass is 9.43. The summed E-state index contributed by atoms with van der Waals surface area (Å²) in [5, 5.41) is 39.4. The second-order valence-corrected chi connectivity index (χ2v) is 18.4. The number of ether oxygens (including phenoxy) is 2. The van der Waals surface area contributed by atoms with Gasteiger partial charge in [-0.1, -0.05) is 39.0 Å². The summed E-state index contributed by atoms with van der Waals surface area (Å²) in [6, 6.07) is 7.31. The maximum Gasteiger partial charge on any atom is 0.415 e. The molecular weight excluding hydrogens is 690 g/mol. The van der Waals surface area contributed by atoms with Gasteiger partial charge >= 0.3 is 16.9 Å². The summed E-state index contributed by atoms with van der Waals surface area (Å²) in [4.78, 5) is 24.9. The number of hydrogen-bond acceptors (Lipinski definition) is 11. The molecule has 14 heteroatoms. The van der Waals surface area contributed by atoms with Crippen molar-refractivity contribution in [2.75, 3.05) is 13.2 Å². The molecule has 0 bridgehead atoms. The summed E-state index contributed by atoms with van der Waals surface area (Å²) in [7, 11) is -4.28. The van der Waals surface area contributed by atoms with Crippen molar-refractivity contribution >= 4 is 21.7 Å². The number of fused-ring (bicyclic) bond motifs is 5. The van der Waals surface area contributed by atoms with Crippen LogP contribution < -0.4 is 15.0 Å². The molecule has 0 spiro atoms. The predicted octanol–water partition coefficient (Wildman–Crippen LogP) is 4.36. The highest BCUT2D eigenvalue weighted by atomic mass is 32.2. The lowest BCUT2D eigenvalue weighted by molar-refractivity contribution is -0.832. The summed E-state index contributed by atoms with van der Waals surface area (Å²) in [6.45, 7) is 8.49. The van der Waals surface area contributed by atoms with Crippen molar-refractivity contribution in [3.8, 4) is 5.88 Å². The fraction of sp³-hybridized carbons (Fsp3) is 0.737. The maximum absolute atomic E-state index is 12.9. The SMILES string of the molecule is CC(COc1no[n+]([O-])c1S(=O)(=O)c1ccccc1)OC(=O)CCNC(=O)CC[C@@H](C)[C@H]1CC[C@H]2C3[C@@H](O)C[C@@H]4C[C@H](O)CC[C@]4(C)[C@H]3CC[C@]12C. The highest BCUT2D eigenvalue weighted by molar-refractivity contribution is 7.91. The van der Waals surface area contributed by atoms with E-state index in [9.17, 15) is 33.4 Å². The fourth-order valence-corrected chi connectivity index (χ4v) is 12.2. The molecule has 13 nitrogen and oxygen atoms in total. The van der Waals surface area contributed by atoms with Gasteiger partial charge in [-0.15, -0.1) is 0 Å². The molecule has 1 aromatic carbocycles. The van der Waals surface area contributed by atoms with Crippen molar-refractivity contribution in [3.63, 3.8) is 0 Å². The Kier molecular flexibility index (Phi) is 11.3. The third-order valence-corrected chi connectivity index (χ3v) is 15.3. The number of aliphatic hydroxyl groups excluding tert-OH is 2. The molecule has 2 aromatic rings. The molecule has 4 aliphatic rings. The Balaban J connectivity index is 0.925. The lowest BCUT2D eigenvalue weighted by Crippen LogP contribution is -2.58. The third kappa shape index (κ3) is 7.44. The molecule has 1 amide bonds. The van der Waals surface area contributed by atoms with Crippen LogP contribution in [0.3, 0.4) is 0 Å². The number of carbonyl (C=O) groups is 2. The number of carbonyl (C=O) groups excluding carboxylic acids is 2. The molecule has 3 N–H and O–H groups in total. The molecule has 6 rings (SSSR count). The topological polar surface area (TPSA) is 192 Å². The number of nitrogens with zero attached hydrogens (tertiary/aromatic N) is 2. The lowest BCUT2D eigenvalue weighted by Gasteiger charge is -2.62. The second-order valence-electron chi connectivity index (χ2n) is 16.5. The molecule has 4 aliphatic carbocycles. The van der Waals surface area contributed by atoms with E-state index >= 15 is 0 Å². The zero-order valence-electron chi connectivity index (χ0n) is 30.7. The predicted molar refractivity (Wildman–Crippen MR) is 187 cm³/mol. The zero-order chi connectivity index (χ0) is 37.4. The highest BCUT2D eigenvalue weighted by Gasteiger charge is 2.62. The van der Waals surface area contributed by atoms with Crippen LogP contribution in [0, 0.1) is 51.5 Å². The van der Waals surface area contributed by atoms with Crippen molar-refractivity contribution in [2.45, 2.75) is 127 Å². The molecule has 4 saturated carbocycles. The van der Waals surface area contributed by atoms with Gasteiger partial charge in [-0.05, 0) is 128 Å². The van der Waals surface area contributed by atoms with Crippen LogP contribution >= 0.6 is 0 Å². The highest BCUT2D eigenvalue weighted by Crippen LogP contribution is 2.68. The minimum Gasteiger partial charge on any atom is -0.459 e. The van der Waals surface area contributed by atoms with Crippen molar-refractivity contribution in [3.05, 3.63) is 35.5 Å². The minimum absolute atomic E-state index is 0.0597. The fourth-order valence-electron chi connectivity index (χ4n) is 10.9. The van der Waals surface area contributed by atoms with Crippen LogP contribution in [0.2, 0.25) is 0 Å². The number of benzene rings is 1. The molecule has 4 fully saturated rings. The summed E-state index contributed by atoms with van der Waals surface area (Å²) >= 11 is 0. The number of aromatic nitrogens is 2. The largest absolute Gasteiger partial charge is 0.459 e. The molecule has 1 heterocycles. The smallest absolute Gasteiger partial charge is 0.415 e. The van der Waals surface area contributed by atoms with Gasteiger partial charge in [0.2, 0.25) is 5.91 Å². The number of hydrogen-bond donors (Lipinski definition) is 3. The number of amides is 1. The van der Waals surface area contributed by atoms with Crippen molar-refractivity contribution in [1.82, 2.24) is 10.5 Å². The van der Waals surface area contributed by atoms with E-state index in [1.807, 2.05) is 0 Å². The summed E-state index contributed by atoms with van der Waals surface area (Å²) in [6.07, 6.45) is 7.74. The van der Waals surface area contributed by atoms with Gasteiger partial charge < -0.3 is 30.2 Å². The molecule has 288 valence electrons. The van der Waals surface area contributed by atoms with E-state index in [1.165, 1.54) is 24.3 Å². The Labute approximate surface area is 306 Å². The molecular formula is C38H55N3O10S. The van der Waals surface area contributed by atoms with Gasteiger partial charge in [-0.25, -0.2) is 8.42 Å². The van der Waals surface area contributed by atoms with Crippen LogP contribution in [-0.4, -0.2) is 67.1 Å². The monoisotopic (exact) mass is 745 g/mol. The molecule has 1 aromatic heterocycles. The molecule has 0 saturated heterocycles. The average Bonchev–Trinajstić information content (AvgIpc) is 3.66. The van der Waals surface area contributed by atoms with E-state index in [4.69, 9.17) is 9.47 Å². The summed E-state index contributed by atoms with van der Waals surface area (Å²) in [5.74, 6) is 1.29. The van der Waals surface area contributed by atoms with Crippen molar-refractivity contribution < 1.29 is 47.2 Å². The molecule has 0 radical (unpaired) electrons. The number of aliphatic hydroxyl groups is 2. The van der Waals surface area contributed by atoms with Crippen LogP contribution in [-0.2, 0) is 24.2 Å². The van der Waals surface area contributed by atoms with E-state index in [1.54, 1.807) is 13.0 Å². The standard InChI is InChI=1S/C38H55N3O10S/c1-23(28-11-12-29-34-30(15-18-38(28,29)4)37(3)17-14-26(42)20-25(37)21-31(34)43)10-13-32(44)39-19-16-33(45)50-24(2)22-49-35-36(41(46)51-40-35)52(47,48)27-8-6-5-7-9-27/h5-9,23-26,28-31,34,42-43H,10-22H2,1-4H3,(H,39,44)/t23-,24?,25+,26-,28-,29+,30+,31+,34?,37+,38-/m1/s1. The second kappa shape index (κ2) is 15.3. The van der Waals surface area contributed by atoms with E-state index in [0.717, 1.165) is 57.8 Å².